The van der Waals surface area contributed by atoms with Crippen LogP contribution >= 0.6 is 23.2 Å². The van der Waals surface area contributed by atoms with Crippen molar-refractivity contribution in [3.05, 3.63) is 98.8 Å². The van der Waals surface area contributed by atoms with Gasteiger partial charge in [-0.3, -0.25) is 4.79 Å². The maximum atomic E-state index is 13.1. The predicted octanol–water partition coefficient (Wildman–Crippen LogP) is 6.57. The van der Waals surface area contributed by atoms with Gasteiger partial charge in [0.15, 0.2) is 0 Å². The molecule has 0 spiro atoms. The quantitative estimate of drug-likeness (QED) is 0.338. The topological polar surface area (TPSA) is 62.1 Å². The summed E-state index contributed by atoms with van der Waals surface area (Å²) in [6, 6.07) is 18.0. The summed E-state index contributed by atoms with van der Waals surface area (Å²) in [5, 5.41) is 12.7. The second kappa shape index (κ2) is 10.1. The Morgan fingerprint density at radius 3 is 2.45 bits per heavy atom. The van der Waals surface area contributed by atoms with Crippen LogP contribution in [-0.2, 0) is 11.4 Å². The first-order valence-corrected chi connectivity index (χ1v) is 9.97. The number of hydrogen-bond donors (Lipinski definition) is 1. The smallest absolute Gasteiger partial charge is 0.266 e. The minimum Gasteiger partial charge on any atom is -0.487 e. The summed E-state index contributed by atoms with van der Waals surface area (Å²) in [5.74, 6) is -0.673. The number of nitriles is 1. The van der Waals surface area contributed by atoms with Crippen molar-refractivity contribution >= 4 is 40.9 Å². The van der Waals surface area contributed by atoms with E-state index in [0.717, 1.165) is 11.1 Å². The van der Waals surface area contributed by atoms with E-state index in [4.69, 9.17) is 27.9 Å². The molecule has 0 bridgehead atoms. The molecule has 7 heteroatoms. The van der Waals surface area contributed by atoms with Crippen molar-refractivity contribution in [2.45, 2.75) is 13.5 Å². The van der Waals surface area contributed by atoms with Crippen LogP contribution in [0.4, 0.5) is 10.1 Å². The van der Waals surface area contributed by atoms with Gasteiger partial charge >= 0.3 is 0 Å². The highest BCUT2D eigenvalue weighted by Crippen LogP contribution is 2.34. The lowest BCUT2D eigenvalue weighted by molar-refractivity contribution is -0.112. The first kappa shape index (κ1) is 22.4. The van der Waals surface area contributed by atoms with Gasteiger partial charge in [-0.1, -0.05) is 53.0 Å². The van der Waals surface area contributed by atoms with Crippen LogP contribution in [0.1, 0.15) is 16.7 Å². The van der Waals surface area contributed by atoms with Crippen LogP contribution in [0.25, 0.3) is 6.08 Å². The molecule has 0 unspecified atom stereocenters. The highest BCUT2D eigenvalue weighted by atomic mass is 35.5. The van der Waals surface area contributed by atoms with Gasteiger partial charge in [0.25, 0.3) is 5.91 Å². The average molecular weight is 455 g/mol. The first-order valence-electron chi connectivity index (χ1n) is 9.22. The second-order valence-corrected chi connectivity index (χ2v) is 7.55. The number of anilines is 1. The third-order valence-electron chi connectivity index (χ3n) is 4.31. The van der Waals surface area contributed by atoms with Gasteiger partial charge in [0.2, 0.25) is 0 Å². The van der Waals surface area contributed by atoms with Crippen molar-refractivity contribution < 1.29 is 13.9 Å². The van der Waals surface area contributed by atoms with Crippen molar-refractivity contribution in [3.8, 4) is 11.8 Å². The highest BCUT2D eigenvalue weighted by Gasteiger charge is 2.15. The molecule has 1 amide bonds. The SMILES string of the molecule is Cc1ccc(NC(=O)/C(C#N)=C/c2cc(Cl)cc(Cl)c2OCc2ccc(F)cc2)cc1. The number of halogens is 3. The molecule has 31 heavy (non-hydrogen) atoms. The summed E-state index contributed by atoms with van der Waals surface area (Å²) in [6.45, 7) is 2.04. The number of ether oxygens (including phenoxy) is 1. The molecule has 0 saturated heterocycles. The molecule has 3 rings (SSSR count). The lowest BCUT2D eigenvalue weighted by Crippen LogP contribution is -2.13. The second-order valence-electron chi connectivity index (χ2n) is 6.71. The number of rotatable bonds is 6. The first-order chi connectivity index (χ1) is 14.9. The molecule has 3 aromatic rings. The molecule has 0 fully saturated rings. The zero-order valence-corrected chi connectivity index (χ0v) is 18.0. The number of aryl methyl sites for hydroxylation is 1. The number of carbonyl (C=O) groups is 1. The standard InChI is InChI=1S/C24H17Cl2FN2O2/c1-15-2-8-21(9-3-15)29-24(30)18(13-28)10-17-11-19(25)12-22(26)23(17)31-14-16-4-6-20(27)7-5-16/h2-12H,14H2,1H3,(H,29,30)/b18-10+. The Morgan fingerprint density at radius 2 is 1.81 bits per heavy atom. The van der Waals surface area contributed by atoms with Gasteiger partial charge in [0, 0.05) is 16.3 Å². The third-order valence-corrected chi connectivity index (χ3v) is 4.81. The highest BCUT2D eigenvalue weighted by molar-refractivity contribution is 6.36. The summed E-state index contributed by atoms with van der Waals surface area (Å²) in [7, 11) is 0. The van der Waals surface area contributed by atoms with Gasteiger partial charge in [-0.15, -0.1) is 0 Å². The molecule has 156 valence electrons. The molecule has 3 aromatic carbocycles. The predicted molar refractivity (Wildman–Crippen MR) is 121 cm³/mol. The molecule has 0 saturated carbocycles. The lowest BCUT2D eigenvalue weighted by Gasteiger charge is -2.13. The minimum absolute atomic E-state index is 0.111. The van der Waals surface area contributed by atoms with Crippen molar-refractivity contribution in [2.24, 2.45) is 0 Å². The van der Waals surface area contributed by atoms with Gasteiger partial charge in [-0.2, -0.15) is 5.26 Å². The molecular formula is C24H17Cl2FN2O2. The Balaban J connectivity index is 1.87. The Kier molecular flexibility index (Phi) is 7.30. The molecule has 1 N–H and O–H groups in total. The van der Waals surface area contributed by atoms with Gasteiger partial charge in [-0.25, -0.2) is 4.39 Å². The van der Waals surface area contributed by atoms with Crippen LogP contribution in [0, 0.1) is 24.1 Å². The Hall–Kier alpha value is -3.33. The fraction of sp³-hybridized carbons (Fsp3) is 0.0833. The van der Waals surface area contributed by atoms with Gasteiger partial charge in [-0.05, 0) is 55.0 Å². The van der Waals surface area contributed by atoms with E-state index in [9.17, 15) is 14.4 Å². The van der Waals surface area contributed by atoms with Crippen molar-refractivity contribution in [1.82, 2.24) is 0 Å². The van der Waals surface area contributed by atoms with E-state index < -0.39 is 5.91 Å². The van der Waals surface area contributed by atoms with Crippen molar-refractivity contribution in [3.63, 3.8) is 0 Å². The van der Waals surface area contributed by atoms with Crippen LogP contribution in [0.3, 0.4) is 0 Å². The van der Waals surface area contributed by atoms with Gasteiger partial charge in [0.05, 0.1) is 5.02 Å². The van der Waals surface area contributed by atoms with E-state index in [1.807, 2.05) is 25.1 Å². The summed E-state index contributed by atoms with van der Waals surface area (Å²) in [5.41, 5.74) is 2.56. The number of amides is 1. The lowest BCUT2D eigenvalue weighted by atomic mass is 10.1. The van der Waals surface area contributed by atoms with Gasteiger partial charge < -0.3 is 10.1 Å². The van der Waals surface area contributed by atoms with Crippen LogP contribution < -0.4 is 10.1 Å². The van der Waals surface area contributed by atoms with Crippen LogP contribution in [0.15, 0.2) is 66.2 Å². The van der Waals surface area contributed by atoms with Crippen LogP contribution in [-0.4, -0.2) is 5.91 Å². The fourth-order valence-electron chi connectivity index (χ4n) is 2.72. The number of nitrogens with zero attached hydrogens (tertiary/aromatic N) is 1. The molecule has 0 aliphatic rings. The third kappa shape index (κ3) is 6.08. The number of hydrogen-bond acceptors (Lipinski definition) is 3. The van der Waals surface area contributed by atoms with Crippen LogP contribution in [0.5, 0.6) is 5.75 Å². The van der Waals surface area contributed by atoms with E-state index in [1.54, 1.807) is 30.3 Å². The maximum absolute atomic E-state index is 13.1. The average Bonchev–Trinajstić information content (AvgIpc) is 2.74. The minimum atomic E-state index is -0.577. The normalized spacial score (nSPS) is 11.0. The van der Waals surface area contributed by atoms with E-state index in [0.29, 0.717) is 16.3 Å². The molecule has 4 nitrogen and oxygen atoms in total. The van der Waals surface area contributed by atoms with E-state index in [1.165, 1.54) is 24.3 Å². The molecular weight excluding hydrogens is 438 g/mol. The zero-order valence-electron chi connectivity index (χ0n) is 16.5. The molecule has 0 heterocycles. The number of carbonyl (C=O) groups excluding carboxylic acids is 1. The Bertz CT molecular complexity index is 1170. The van der Waals surface area contributed by atoms with Gasteiger partial charge in [0.1, 0.15) is 29.8 Å². The largest absolute Gasteiger partial charge is 0.487 e. The van der Waals surface area contributed by atoms with E-state index in [-0.39, 0.29) is 28.8 Å². The molecule has 0 radical (unpaired) electrons. The summed E-state index contributed by atoms with van der Waals surface area (Å²) in [4.78, 5) is 12.6. The monoisotopic (exact) mass is 454 g/mol. The van der Waals surface area contributed by atoms with Crippen molar-refractivity contribution in [1.29, 1.82) is 5.26 Å². The zero-order chi connectivity index (χ0) is 22.4. The van der Waals surface area contributed by atoms with E-state index in [2.05, 4.69) is 5.32 Å². The van der Waals surface area contributed by atoms with Crippen LogP contribution in [0.2, 0.25) is 10.0 Å². The maximum Gasteiger partial charge on any atom is 0.266 e. The molecule has 0 atom stereocenters. The Labute approximate surface area is 189 Å². The fourth-order valence-corrected chi connectivity index (χ4v) is 3.28. The Morgan fingerprint density at radius 1 is 1.13 bits per heavy atom. The molecule has 0 aromatic heterocycles. The molecule has 0 aliphatic carbocycles. The summed E-state index contributed by atoms with van der Waals surface area (Å²) >= 11 is 12.4. The van der Waals surface area contributed by atoms with E-state index >= 15 is 0 Å². The summed E-state index contributed by atoms with van der Waals surface area (Å²) < 4.78 is 18.9. The molecule has 0 aliphatic heterocycles. The number of nitrogens with one attached hydrogen (secondary N) is 1. The number of benzene rings is 3. The summed E-state index contributed by atoms with van der Waals surface area (Å²) in [6.07, 6.45) is 1.36. The van der Waals surface area contributed by atoms with Crippen molar-refractivity contribution in [2.75, 3.05) is 5.32 Å².